The molecule has 0 bridgehead atoms. The molecule has 3 unspecified atom stereocenters. The van der Waals surface area contributed by atoms with Crippen molar-refractivity contribution in [2.75, 3.05) is 19.7 Å². The fourth-order valence-electron chi connectivity index (χ4n) is 7.47. The number of rotatable bonds is 11. The van der Waals surface area contributed by atoms with E-state index < -0.39 is 11.7 Å². The first-order valence-corrected chi connectivity index (χ1v) is 15.0. The third-order valence-electron chi connectivity index (χ3n) is 9.44. The molecule has 208 valence electrons. The predicted molar refractivity (Wildman–Crippen MR) is 145 cm³/mol. The molecule has 0 amide bonds. The Morgan fingerprint density at radius 1 is 0.892 bits per heavy atom. The van der Waals surface area contributed by atoms with Gasteiger partial charge < -0.3 is 4.74 Å². The maximum Gasteiger partial charge on any atom is 0.416 e. The summed E-state index contributed by atoms with van der Waals surface area (Å²) >= 11 is 0. The minimum absolute atomic E-state index is 0.252. The Morgan fingerprint density at radius 2 is 1.54 bits per heavy atom. The van der Waals surface area contributed by atoms with E-state index >= 15 is 0 Å². The molecule has 3 saturated carbocycles. The molecule has 0 radical (unpaired) electrons. The second-order valence-corrected chi connectivity index (χ2v) is 12.1. The molecule has 0 saturated heterocycles. The zero-order valence-corrected chi connectivity index (χ0v) is 22.9. The molecule has 4 rings (SSSR count). The smallest absolute Gasteiger partial charge is 0.416 e. The minimum atomic E-state index is -4.30. The Labute approximate surface area is 223 Å². The van der Waals surface area contributed by atoms with Gasteiger partial charge in [-0.3, -0.25) is 4.90 Å². The summed E-state index contributed by atoms with van der Waals surface area (Å²) in [5.41, 5.74) is 0.518. The summed E-state index contributed by atoms with van der Waals surface area (Å²) < 4.78 is 45.6. The van der Waals surface area contributed by atoms with Gasteiger partial charge in [0.05, 0.1) is 17.9 Å². The molecule has 0 spiro atoms. The summed E-state index contributed by atoms with van der Waals surface area (Å²) in [6.07, 6.45) is 13.2. The van der Waals surface area contributed by atoms with E-state index in [9.17, 15) is 13.2 Å². The van der Waals surface area contributed by atoms with Gasteiger partial charge in [-0.15, -0.1) is 0 Å². The van der Waals surface area contributed by atoms with E-state index in [1.165, 1.54) is 76.3 Å². The Balaban J connectivity index is 1.55. The molecule has 3 fully saturated rings. The van der Waals surface area contributed by atoms with Gasteiger partial charge in [0, 0.05) is 19.0 Å². The Kier molecular flexibility index (Phi) is 10.4. The molecule has 3 aliphatic carbocycles. The lowest BCUT2D eigenvalue weighted by molar-refractivity contribution is -0.137. The van der Waals surface area contributed by atoms with Gasteiger partial charge in [0.25, 0.3) is 0 Å². The van der Waals surface area contributed by atoms with Crippen molar-refractivity contribution in [3.63, 3.8) is 0 Å². The van der Waals surface area contributed by atoms with Crippen LogP contribution in [0.4, 0.5) is 13.2 Å². The summed E-state index contributed by atoms with van der Waals surface area (Å²) in [6, 6.07) is 6.50. The number of allylic oxidation sites excluding steroid dienone is 1. The SMILES string of the molecule is C=C(CC1CCC(N(CCC2CCCC2)CC2CCCCC2)C(c2ccc(C(F)(F)F)cc2)C1)OCC. The van der Waals surface area contributed by atoms with E-state index in [0.29, 0.717) is 18.6 Å². The highest BCUT2D eigenvalue weighted by atomic mass is 19.4. The number of hydrogen-bond acceptors (Lipinski definition) is 2. The standard InChI is InChI=1S/C32H48F3NO/c1-3-37-24(2)21-27-13-18-31(30(22-27)28-14-16-29(17-15-28)32(33,34)35)36(20-19-25-9-7-8-10-25)23-26-11-5-4-6-12-26/h14-17,25-27,30-31H,2-13,18-23H2,1H3. The van der Waals surface area contributed by atoms with Crippen LogP contribution in [0.2, 0.25) is 0 Å². The molecule has 37 heavy (non-hydrogen) atoms. The van der Waals surface area contributed by atoms with Crippen LogP contribution in [0.1, 0.15) is 114 Å². The van der Waals surface area contributed by atoms with Crippen LogP contribution >= 0.6 is 0 Å². The average Bonchev–Trinajstić information content (AvgIpc) is 3.41. The van der Waals surface area contributed by atoms with Gasteiger partial charge in [-0.2, -0.15) is 13.2 Å². The average molecular weight is 520 g/mol. The van der Waals surface area contributed by atoms with Gasteiger partial charge in [-0.05, 0) is 93.4 Å². The quantitative estimate of drug-likeness (QED) is 0.270. The lowest BCUT2D eigenvalue weighted by Gasteiger charge is -2.45. The van der Waals surface area contributed by atoms with Crippen molar-refractivity contribution < 1.29 is 17.9 Å². The lowest BCUT2D eigenvalue weighted by Crippen LogP contribution is -2.46. The number of nitrogens with zero attached hydrogens (tertiary/aromatic N) is 1. The normalized spacial score (nSPS) is 26.0. The first-order chi connectivity index (χ1) is 17.8. The molecule has 0 aliphatic heterocycles. The number of hydrogen-bond donors (Lipinski definition) is 0. The van der Waals surface area contributed by atoms with E-state index in [2.05, 4.69) is 11.5 Å². The van der Waals surface area contributed by atoms with Crippen LogP contribution < -0.4 is 0 Å². The van der Waals surface area contributed by atoms with Crippen molar-refractivity contribution in [1.29, 1.82) is 0 Å². The van der Waals surface area contributed by atoms with Crippen molar-refractivity contribution in [2.45, 2.75) is 115 Å². The molecule has 0 N–H and O–H groups in total. The molecular weight excluding hydrogens is 471 g/mol. The third kappa shape index (κ3) is 8.25. The summed E-state index contributed by atoms with van der Waals surface area (Å²) in [5.74, 6) is 3.18. The highest BCUT2D eigenvalue weighted by Gasteiger charge is 2.37. The van der Waals surface area contributed by atoms with Crippen LogP contribution in [0.25, 0.3) is 0 Å². The first kappa shape index (κ1) is 28.5. The van der Waals surface area contributed by atoms with Gasteiger partial charge in [0.2, 0.25) is 0 Å². The molecule has 1 aromatic rings. The zero-order chi connectivity index (χ0) is 26.3. The van der Waals surface area contributed by atoms with Gasteiger partial charge in [-0.25, -0.2) is 0 Å². The summed E-state index contributed by atoms with van der Waals surface area (Å²) in [4.78, 5) is 2.80. The van der Waals surface area contributed by atoms with E-state index in [1.54, 1.807) is 12.1 Å². The van der Waals surface area contributed by atoms with Gasteiger partial charge >= 0.3 is 6.18 Å². The Hall–Kier alpha value is -1.49. The largest absolute Gasteiger partial charge is 0.499 e. The second kappa shape index (κ2) is 13.5. The summed E-state index contributed by atoms with van der Waals surface area (Å²) in [7, 11) is 0. The maximum absolute atomic E-state index is 13.3. The predicted octanol–water partition coefficient (Wildman–Crippen LogP) is 9.36. The molecule has 3 atom stereocenters. The van der Waals surface area contributed by atoms with E-state index in [1.807, 2.05) is 6.92 Å². The first-order valence-electron chi connectivity index (χ1n) is 15.0. The Bertz CT molecular complexity index is 823. The molecular formula is C32H48F3NO. The van der Waals surface area contributed by atoms with Crippen molar-refractivity contribution in [3.05, 3.63) is 47.7 Å². The number of benzene rings is 1. The number of ether oxygens (including phenoxy) is 1. The molecule has 0 aromatic heterocycles. The molecule has 1 aromatic carbocycles. The number of alkyl halides is 3. The van der Waals surface area contributed by atoms with Crippen molar-refractivity contribution >= 4 is 0 Å². The molecule has 5 heteroatoms. The van der Waals surface area contributed by atoms with Gasteiger partial charge in [0.15, 0.2) is 0 Å². The van der Waals surface area contributed by atoms with Gasteiger partial charge in [-0.1, -0.05) is 63.7 Å². The van der Waals surface area contributed by atoms with Crippen LogP contribution in [0.3, 0.4) is 0 Å². The summed E-state index contributed by atoms with van der Waals surface area (Å²) in [6.45, 7) is 9.04. The number of halogens is 3. The van der Waals surface area contributed by atoms with Gasteiger partial charge in [0.1, 0.15) is 0 Å². The molecule has 2 nitrogen and oxygen atoms in total. The lowest BCUT2D eigenvalue weighted by atomic mass is 9.72. The maximum atomic E-state index is 13.3. The minimum Gasteiger partial charge on any atom is -0.499 e. The fraction of sp³-hybridized carbons (Fsp3) is 0.750. The highest BCUT2D eigenvalue weighted by Crippen LogP contribution is 2.43. The zero-order valence-electron chi connectivity index (χ0n) is 22.9. The van der Waals surface area contributed by atoms with Crippen LogP contribution in [0.15, 0.2) is 36.6 Å². The topological polar surface area (TPSA) is 12.5 Å². The van der Waals surface area contributed by atoms with E-state index in [4.69, 9.17) is 4.74 Å². The molecule has 3 aliphatic rings. The van der Waals surface area contributed by atoms with E-state index in [0.717, 1.165) is 61.9 Å². The second-order valence-electron chi connectivity index (χ2n) is 12.1. The van der Waals surface area contributed by atoms with Crippen molar-refractivity contribution in [3.8, 4) is 0 Å². The van der Waals surface area contributed by atoms with Crippen molar-refractivity contribution in [2.24, 2.45) is 17.8 Å². The fourth-order valence-corrected chi connectivity index (χ4v) is 7.47. The Morgan fingerprint density at radius 3 is 2.19 bits per heavy atom. The van der Waals surface area contributed by atoms with Crippen molar-refractivity contribution in [1.82, 2.24) is 4.90 Å². The van der Waals surface area contributed by atoms with Crippen LogP contribution in [0, 0.1) is 17.8 Å². The van der Waals surface area contributed by atoms with Crippen LogP contribution in [-0.2, 0) is 10.9 Å². The van der Waals surface area contributed by atoms with E-state index in [-0.39, 0.29) is 5.92 Å². The highest BCUT2D eigenvalue weighted by molar-refractivity contribution is 5.29. The third-order valence-corrected chi connectivity index (χ3v) is 9.44. The summed E-state index contributed by atoms with van der Waals surface area (Å²) in [5, 5.41) is 0. The van der Waals surface area contributed by atoms with Crippen LogP contribution in [0.5, 0.6) is 0 Å². The van der Waals surface area contributed by atoms with Crippen LogP contribution in [-0.4, -0.2) is 30.6 Å². The monoisotopic (exact) mass is 519 g/mol. The molecule has 0 heterocycles.